The second kappa shape index (κ2) is 8.54. The molecule has 5 nitrogen and oxygen atoms in total. The summed E-state index contributed by atoms with van der Waals surface area (Å²) in [5.41, 5.74) is 4.67. The number of para-hydroxylation sites is 1. The fourth-order valence-electron chi connectivity index (χ4n) is 3.07. The molecule has 0 aliphatic heterocycles. The number of anilines is 3. The van der Waals surface area contributed by atoms with E-state index in [1.54, 1.807) is 11.8 Å². The molecule has 0 radical (unpaired) electrons. The molecule has 1 aromatic heterocycles. The zero-order valence-electron chi connectivity index (χ0n) is 14.8. The van der Waals surface area contributed by atoms with E-state index in [1.807, 2.05) is 36.4 Å². The number of hydrogen-bond acceptors (Lipinski definition) is 6. The molecule has 0 saturated heterocycles. The molecule has 3 aromatic rings. The predicted octanol–water partition coefficient (Wildman–Crippen LogP) is 4.89. The number of aryl methyl sites for hydroxylation is 2. The van der Waals surface area contributed by atoms with Gasteiger partial charge in [0.2, 0.25) is 11.0 Å². The summed E-state index contributed by atoms with van der Waals surface area (Å²) in [6.45, 7) is 0. The van der Waals surface area contributed by atoms with Gasteiger partial charge < -0.3 is 10.6 Å². The van der Waals surface area contributed by atoms with Gasteiger partial charge in [0, 0.05) is 23.5 Å². The van der Waals surface area contributed by atoms with E-state index in [2.05, 4.69) is 33.0 Å². The van der Waals surface area contributed by atoms with E-state index < -0.39 is 0 Å². The van der Waals surface area contributed by atoms with Crippen molar-refractivity contribution in [3.63, 3.8) is 0 Å². The maximum atomic E-state index is 12.2. The van der Waals surface area contributed by atoms with Gasteiger partial charge in [-0.1, -0.05) is 47.4 Å². The molecule has 7 heteroatoms. The number of carbonyl (C=O) groups is 1. The molecule has 27 heavy (non-hydrogen) atoms. The lowest BCUT2D eigenvalue weighted by atomic mass is 10.1. The van der Waals surface area contributed by atoms with Gasteiger partial charge in [-0.3, -0.25) is 4.79 Å². The summed E-state index contributed by atoms with van der Waals surface area (Å²) in [7, 11) is 0. The summed E-state index contributed by atoms with van der Waals surface area (Å²) >= 11 is 3.05. The minimum atomic E-state index is 0.0348. The smallest absolute Gasteiger partial charge is 0.225 e. The zero-order valence-corrected chi connectivity index (χ0v) is 16.4. The first kappa shape index (κ1) is 18.0. The van der Waals surface area contributed by atoms with E-state index in [0.29, 0.717) is 12.2 Å². The highest BCUT2D eigenvalue weighted by Crippen LogP contribution is 2.28. The lowest BCUT2D eigenvalue weighted by Crippen LogP contribution is -2.12. The van der Waals surface area contributed by atoms with Crippen molar-refractivity contribution in [2.24, 2.45) is 0 Å². The van der Waals surface area contributed by atoms with Gasteiger partial charge in [0.1, 0.15) is 0 Å². The number of carbonyl (C=O) groups excluding carboxylic acids is 1. The van der Waals surface area contributed by atoms with E-state index >= 15 is 0 Å². The van der Waals surface area contributed by atoms with Crippen molar-refractivity contribution < 1.29 is 4.79 Å². The summed E-state index contributed by atoms with van der Waals surface area (Å²) in [6.07, 6.45) is 3.93. The van der Waals surface area contributed by atoms with E-state index in [0.717, 1.165) is 33.7 Å². The van der Waals surface area contributed by atoms with Crippen LogP contribution in [0.4, 0.5) is 16.5 Å². The molecule has 1 amide bonds. The van der Waals surface area contributed by atoms with Crippen LogP contribution < -0.4 is 10.6 Å². The molecular weight excluding hydrogens is 376 g/mol. The average Bonchev–Trinajstić information content (AvgIpc) is 3.31. The van der Waals surface area contributed by atoms with Gasteiger partial charge in [0.25, 0.3) is 0 Å². The molecule has 0 spiro atoms. The number of hydrogen-bond donors (Lipinski definition) is 2. The van der Waals surface area contributed by atoms with Crippen LogP contribution in [0.3, 0.4) is 0 Å². The molecular formula is C20H20N4OS2. The highest BCUT2D eigenvalue weighted by atomic mass is 32.2. The second-order valence-electron chi connectivity index (χ2n) is 6.35. The number of aromatic nitrogens is 2. The SMILES string of the molecule is O=C(CCSc1nnc(Nc2ccccc2)s1)Nc1ccc2c(c1)CCC2. The molecule has 0 atom stereocenters. The number of amides is 1. The van der Waals surface area contributed by atoms with E-state index in [4.69, 9.17) is 0 Å². The number of nitrogens with one attached hydrogen (secondary N) is 2. The summed E-state index contributed by atoms with van der Waals surface area (Å²) in [5, 5.41) is 15.3. The monoisotopic (exact) mass is 396 g/mol. The molecule has 1 aliphatic carbocycles. The number of rotatable bonds is 7. The Labute approximate surface area is 166 Å². The maximum absolute atomic E-state index is 12.2. The van der Waals surface area contributed by atoms with E-state index in [1.165, 1.54) is 28.9 Å². The molecule has 0 unspecified atom stereocenters. The van der Waals surface area contributed by atoms with Gasteiger partial charge in [-0.15, -0.1) is 10.2 Å². The molecule has 1 heterocycles. The summed E-state index contributed by atoms with van der Waals surface area (Å²) in [5.74, 6) is 0.712. The van der Waals surface area contributed by atoms with Crippen LogP contribution in [0.25, 0.3) is 0 Å². The van der Waals surface area contributed by atoms with Gasteiger partial charge in [-0.05, 0) is 54.7 Å². The van der Waals surface area contributed by atoms with Crippen molar-refractivity contribution >= 4 is 45.5 Å². The first-order chi connectivity index (χ1) is 13.3. The van der Waals surface area contributed by atoms with Gasteiger partial charge >= 0.3 is 0 Å². The lowest BCUT2D eigenvalue weighted by Gasteiger charge is -2.07. The van der Waals surface area contributed by atoms with Crippen LogP contribution in [0.2, 0.25) is 0 Å². The van der Waals surface area contributed by atoms with Crippen LogP contribution in [0.5, 0.6) is 0 Å². The Bertz CT molecular complexity index is 927. The van der Waals surface area contributed by atoms with Crippen molar-refractivity contribution in [3.8, 4) is 0 Å². The fourth-order valence-corrected chi connectivity index (χ4v) is 4.85. The van der Waals surface area contributed by atoms with Crippen molar-refractivity contribution in [1.82, 2.24) is 10.2 Å². The average molecular weight is 397 g/mol. The highest BCUT2D eigenvalue weighted by Gasteiger charge is 2.12. The van der Waals surface area contributed by atoms with Crippen LogP contribution >= 0.6 is 23.1 Å². The molecule has 0 fully saturated rings. The van der Waals surface area contributed by atoms with Crippen LogP contribution in [0, 0.1) is 0 Å². The minimum absolute atomic E-state index is 0.0348. The van der Waals surface area contributed by atoms with E-state index in [9.17, 15) is 4.79 Å². The normalized spacial score (nSPS) is 12.6. The number of fused-ring (bicyclic) bond motifs is 1. The largest absolute Gasteiger partial charge is 0.330 e. The molecule has 2 N–H and O–H groups in total. The number of nitrogens with zero attached hydrogens (tertiary/aromatic N) is 2. The number of thioether (sulfide) groups is 1. The third-order valence-corrected chi connectivity index (χ3v) is 6.34. The molecule has 138 valence electrons. The standard InChI is InChI=1S/C20H20N4OS2/c25-18(21-17-10-9-14-5-4-6-15(14)13-17)11-12-26-20-24-23-19(27-20)22-16-7-2-1-3-8-16/h1-3,7-10,13H,4-6,11-12H2,(H,21,25)(H,22,23). The van der Waals surface area contributed by atoms with Crippen LogP contribution in [-0.4, -0.2) is 21.9 Å². The Hall–Kier alpha value is -2.38. The summed E-state index contributed by atoms with van der Waals surface area (Å²) in [4.78, 5) is 12.2. The Morgan fingerprint density at radius 2 is 1.89 bits per heavy atom. The minimum Gasteiger partial charge on any atom is -0.330 e. The molecule has 0 bridgehead atoms. The molecule has 0 saturated carbocycles. The Morgan fingerprint density at radius 3 is 2.78 bits per heavy atom. The third-order valence-electron chi connectivity index (χ3n) is 4.37. The molecule has 1 aliphatic rings. The predicted molar refractivity (Wildman–Crippen MR) is 112 cm³/mol. The Morgan fingerprint density at radius 1 is 1.04 bits per heavy atom. The first-order valence-electron chi connectivity index (χ1n) is 8.96. The van der Waals surface area contributed by atoms with Gasteiger partial charge in [0.15, 0.2) is 4.34 Å². The van der Waals surface area contributed by atoms with Crippen LogP contribution in [0.1, 0.15) is 24.0 Å². The Kier molecular flexibility index (Phi) is 5.69. The quantitative estimate of drug-likeness (QED) is 0.557. The highest BCUT2D eigenvalue weighted by molar-refractivity contribution is 8.01. The van der Waals surface area contributed by atoms with Gasteiger partial charge in [0.05, 0.1) is 0 Å². The van der Waals surface area contributed by atoms with Crippen molar-refractivity contribution in [2.45, 2.75) is 30.0 Å². The van der Waals surface area contributed by atoms with E-state index in [-0.39, 0.29) is 5.91 Å². The molecule has 2 aromatic carbocycles. The number of benzene rings is 2. The molecule has 4 rings (SSSR count). The zero-order chi connectivity index (χ0) is 18.5. The lowest BCUT2D eigenvalue weighted by molar-refractivity contribution is -0.115. The topological polar surface area (TPSA) is 66.9 Å². The van der Waals surface area contributed by atoms with Crippen molar-refractivity contribution in [1.29, 1.82) is 0 Å². The first-order valence-corrected chi connectivity index (χ1v) is 10.8. The maximum Gasteiger partial charge on any atom is 0.225 e. The third kappa shape index (κ3) is 4.87. The van der Waals surface area contributed by atoms with Gasteiger partial charge in [-0.2, -0.15) is 0 Å². The second-order valence-corrected chi connectivity index (χ2v) is 8.67. The fraction of sp³-hybridized carbons (Fsp3) is 0.250. The van der Waals surface area contributed by atoms with Crippen molar-refractivity contribution in [2.75, 3.05) is 16.4 Å². The van der Waals surface area contributed by atoms with Crippen LogP contribution in [-0.2, 0) is 17.6 Å². The summed E-state index contributed by atoms with van der Waals surface area (Å²) in [6, 6.07) is 16.1. The Balaban J connectivity index is 1.23. The van der Waals surface area contributed by atoms with Crippen molar-refractivity contribution in [3.05, 3.63) is 59.7 Å². The van der Waals surface area contributed by atoms with Crippen LogP contribution in [0.15, 0.2) is 52.9 Å². The summed E-state index contributed by atoms with van der Waals surface area (Å²) < 4.78 is 0.860. The van der Waals surface area contributed by atoms with Gasteiger partial charge in [-0.25, -0.2) is 0 Å².